The van der Waals surface area contributed by atoms with E-state index in [2.05, 4.69) is 0 Å². The maximum absolute atomic E-state index is 12.6. The molecule has 0 aliphatic heterocycles. The Bertz CT molecular complexity index is 650. The van der Waals surface area contributed by atoms with E-state index in [1.807, 2.05) is 30.3 Å². The fourth-order valence-corrected chi connectivity index (χ4v) is 1.96. The second-order valence-electron chi connectivity index (χ2n) is 4.82. The predicted molar refractivity (Wildman–Crippen MR) is 76.9 cm³/mol. The molecule has 22 heavy (non-hydrogen) atoms. The summed E-state index contributed by atoms with van der Waals surface area (Å²) in [4.78, 5) is 11.5. The SMILES string of the molecule is O=c1ccc(C(F)(F)F)cn1CCCCOc1ccccc1. The smallest absolute Gasteiger partial charge is 0.417 e. The highest BCUT2D eigenvalue weighted by Crippen LogP contribution is 2.28. The van der Waals surface area contributed by atoms with Gasteiger partial charge >= 0.3 is 6.18 Å². The van der Waals surface area contributed by atoms with Crippen LogP contribution in [0.25, 0.3) is 0 Å². The molecule has 118 valence electrons. The maximum atomic E-state index is 12.6. The van der Waals surface area contributed by atoms with Crippen LogP contribution in [-0.4, -0.2) is 11.2 Å². The van der Waals surface area contributed by atoms with E-state index in [9.17, 15) is 18.0 Å². The minimum atomic E-state index is -4.44. The van der Waals surface area contributed by atoms with Crippen molar-refractivity contribution in [1.82, 2.24) is 4.57 Å². The molecule has 6 heteroatoms. The number of hydrogen-bond donors (Lipinski definition) is 0. The van der Waals surface area contributed by atoms with E-state index in [1.165, 1.54) is 0 Å². The molecule has 0 aliphatic rings. The van der Waals surface area contributed by atoms with Gasteiger partial charge in [-0.3, -0.25) is 4.79 Å². The van der Waals surface area contributed by atoms with Gasteiger partial charge in [-0.15, -0.1) is 0 Å². The molecule has 0 radical (unpaired) electrons. The first-order valence-corrected chi connectivity index (χ1v) is 6.92. The Morgan fingerprint density at radius 1 is 1.00 bits per heavy atom. The number of aromatic nitrogens is 1. The molecule has 3 nitrogen and oxygen atoms in total. The first-order valence-electron chi connectivity index (χ1n) is 6.92. The standard InChI is InChI=1S/C16H16F3NO2/c17-16(18,19)13-8-9-15(21)20(12-13)10-4-5-11-22-14-6-2-1-3-7-14/h1-3,6-9,12H,4-5,10-11H2. The van der Waals surface area contributed by atoms with Gasteiger partial charge in [0.2, 0.25) is 0 Å². The van der Waals surface area contributed by atoms with E-state index in [0.717, 1.165) is 28.6 Å². The lowest BCUT2D eigenvalue weighted by atomic mass is 10.2. The molecule has 1 aromatic heterocycles. The lowest BCUT2D eigenvalue weighted by Gasteiger charge is -2.11. The van der Waals surface area contributed by atoms with Crippen LogP contribution in [-0.2, 0) is 12.7 Å². The normalized spacial score (nSPS) is 11.4. The van der Waals surface area contributed by atoms with Crippen LogP contribution in [0, 0.1) is 0 Å². The van der Waals surface area contributed by atoms with Crippen LogP contribution < -0.4 is 10.3 Å². The highest BCUT2D eigenvalue weighted by atomic mass is 19.4. The van der Waals surface area contributed by atoms with Crippen molar-refractivity contribution in [2.45, 2.75) is 25.6 Å². The van der Waals surface area contributed by atoms with Crippen molar-refractivity contribution in [3.8, 4) is 5.75 Å². The average Bonchev–Trinajstić information content (AvgIpc) is 2.48. The number of ether oxygens (including phenoxy) is 1. The summed E-state index contributed by atoms with van der Waals surface area (Å²) in [5, 5.41) is 0. The molecule has 2 rings (SSSR count). The highest BCUT2D eigenvalue weighted by Gasteiger charge is 2.30. The van der Waals surface area contributed by atoms with Gasteiger partial charge in [0.1, 0.15) is 5.75 Å². The predicted octanol–water partition coefficient (Wildman–Crippen LogP) is 3.73. The third-order valence-corrected chi connectivity index (χ3v) is 3.12. The van der Waals surface area contributed by atoms with E-state index < -0.39 is 17.3 Å². The Morgan fingerprint density at radius 2 is 1.73 bits per heavy atom. The number of nitrogens with zero attached hydrogens (tertiary/aromatic N) is 1. The lowest BCUT2D eigenvalue weighted by Crippen LogP contribution is -2.21. The summed E-state index contributed by atoms with van der Waals surface area (Å²) in [6.07, 6.45) is -2.36. The van der Waals surface area contributed by atoms with Gasteiger partial charge in [0.15, 0.2) is 0 Å². The number of benzene rings is 1. The molecule has 0 saturated heterocycles. The van der Waals surface area contributed by atoms with Gasteiger partial charge in [-0.05, 0) is 31.0 Å². The molecule has 0 saturated carbocycles. The Hall–Kier alpha value is -2.24. The minimum absolute atomic E-state index is 0.237. The fourth-order valence-electron chi connectivity index (χ4n) is 1.96. The first kappa shape index (κ1) is 16.1. The van der Waals surface area contributed by atoms with Crippen molar-refractivity contribution in [3.63, 3.8) is 0 Å². The summed E-state index contributed by atoms with van der Waals surface area (Å²) in [5.74, 6) is 0.749. The second kappa shape index (κ2) is 7.15. The zero-order valence-corrected chi connectivity index (χ0v) is 11.8. The molecular weight excluding hydrogens is 295 g/mol. The summed E-state index contributed by atoms with van der Waals surface area (Å²) in [6, 6.07) is 11.0. The molecular formula is C16H16F3NO2. The first-order chi connectivity index (χ1) is 10.5. The summed E-state index contributed by atoms with van der Waals surface area (Å²) >= 11 is 0. The molecule has 0 unspecified atom stereocenters. The summed E-state index contributed by atoms with van der Waals surface area (Å²) in [7, 11) is 0. The van der Waals surface area contributed by atoms with Crippen LogP contribution in [0.1, 0.15) is 18.4 Å². The van der Waals surface area contributed by atoms with Gasteiger partial charge in [0.25, 0.3) is 5.56 Å². The summed E-state index contributed by atoms with van der Waals surface area (Å²) < 4.78 is 44.4. The van der Waals surface area contributed by atoms with Crippen LogP contribution in [0.3, 0.4) is 0 Å². The molecule has 1 aromatic carbocycles. The van der Waals surface area contributed by atoms with Crippen molar-refractivity contribution in [2.24, 2.45) is 0 Å². The van der Waals surface area contributed by atoms with Gasteiger partial charge in [-0.25, -0.2) is 0 Å². The number of hydrogen-bond acceptors (Lipinski definition) is 2. The maximum Gasteiger partial charge on any atom is 0.417 e. The van der Waals surface area contributed by atoms with Crippen LogP contribution in [0.5, 0.6) is 5.75 Å². The molecule has 0 spiro atoms. The van der Waals surface area contributed by atoms with Crippen molar-refractivity contribution in [3.05, 3.63) is 64.6 Å². The molecule has 0 bridgehead atoms. The van der Waals surface area contributed by atoms with Gasteiger partial charge in [0.05, 0.1) is 12.2 Å². The van der Waals surface area contributed by atoms with Gasteiger partial charge < -0.3 is 9.30 Å². The van der Waals surface area contributed by atoms with E-state index >= 15 is 0 Å². The Morgan fingerprint density at radius 3 is 2.41 bits per heavy atom. The van der Waals surface area contributed by atoms with Gasteiger partial charge in [-0.1, -0.05) is 18.2 Å². The molecule has 0 aliphatic carbocycles. The molecule has 0 fully saturated rings. The van der Waals surface area contributed by atoms with Gasteiger partial charge in [0, 0.05) is 18.8 Å². The van der Waals surface area contributed by atoms with Crippen molar-refractivity contribution in [1.29, 1.82) is 0 Å². The highest BCUT2D eigenvalue weighted by molar-refractivity contribution is 5.20. The number of para-hydroxylation sites is 1. The number of pyridine rings is 1. The third kappa shape index (κ3) is 4.65. The van der Waals surface area contributed by atoms with Crippen LogP contribution >= 0.6 is 0 Å². The summed E-state index contributed by atoms with van der Waals surface area (Å²) in [6.45, 7) is 0.693. The van der Waals surface area contributed by atoms with Crippen LogP contribution in [0.15, 0.2) is 53.5 Å². The Kier molecular flexibility index (Phi) is 5.25. The molecule has 0 atom stereocenters. The van der Waals surface area contributed by atoms with Crippen LogP contribution in [0.4, 0.5) is 13.2 Å². The number of unbranched alkanes of at least 4 members (excludes halogenated alkanes) is 1. The lowest BCUT2D eigenvalue weighted by molar-refractivity contribution is -0.138. The van der Waals surface area contributed by atoms with E-state index in [4.69, 9.17) is 4.74 Å². The van der Waals surface area contributed by atoms with E-state index in [1.54, 1.807) is 0 Å². The topological polar surface area (TPSA) is 31.2 Å². The monoisotopic (exact) mass is 311 g/mol. The third-order valence-electron chi connectivity index (χ3n) is 3.12. The van der Waals surface area contributed by atoms with E-state index in [0.29, 0.717) is 19.4 Å². The zero-order valence-electron chi connectivity index (χ0n) is 11.8. The van der Waals surface area contributed by atoms with Crippen molar-refractivity contribution >= 4 is 0 Å². The number of aryl methyl sites for hydroxylation is 1. The van der Waals surface area contributed by atoms with Gasteiger partial charge in [-0.2, -0.15) is 13.2 Å². The number of halogens is 3. The molecule has 1 heterocycles. The quantitative estimate of drug-likeness (QED) is 0.761. The Labute approximate surface area is 126 Å². The minimum Gasteiger partial charge on any atom is -0.494 e. The second-order valence-corrected chi connectivity index (χ2v) is 4.82. The molecule has 0 N–H and O–H groups in total. The number of alkyl halides is 3. The Balaban J connectivity index is 1.83. The summed E-state index contributed by atoms with van der Waals surface area (Å²) in [5.41, 5.74) is -1.25. The fraction of sp³-hybridized carbons (Fsp3) is 0.312. The van der Waals surface area contributed by atoms with Crippen LogP contribution in [0.2, 0.25) is 0 Å². The molecule has 2 aromatic rings. The van der Waals surface area contributed by atoms with Crippen molar-refractivity contribution in [2.75, 3.05) is 6.61 Å². The average molecular weight is 311 g/mol. The van der Waals surface area contributed by atoms with Crippen molar-refractivity contribution < 1.29 is 17.9 Å². The zero-order chi connectivity index (χ0) is 16.0. The number of rotatable bonds is 6. The largest absolute Gasteiger partial charge is 0.494 e. The van der Waals surface area contributed by atoms with E-state index in [-0.39, 0.29) is 6.54 Å². The molecule has 0 amide bonds.